The van der Waals surface area contributed by atoms with Crippen molar-refractivity contribution in [2.75, 3.05) is 11.3 Å². The number of thiocarbonyl (C=S) groups is 1. The van der Waals surface area contributed by atoms with Crippen LogP contribution in [0.1, 0.15) is 12.8 Å². The average Bonchev–Trinajstić information content (AvgIpc) is 3.10. The summed E-state index contributed by atoms with van der Waals surface area (Å²) in [7, 11) is -3.58. The number of nitrogens with two attached hydrogens (primary N) is 1. The van der Waals surface area contributed by atoms with Crippen LogP contribution in [-0.2, 0) is 10.2 Å². The van der Waals surface area contributed by atoms with E-state index in [4.69, 9.17) is 22.7 Å². The highest BCUT2D eigenvalue weighted by molar-refractivity contribution is 7.90. The summed E-state index contributed by atoms with van der Waals surface area (Å²) in [5.74, 6) is 0.386. The lowest BCUT2D eigenvalue weighted by Crippen LogP contribution is -2.32. The average molecular weight is 301 g/mol. The van der Waals surface area contributed by atoms with Crippen molar-refractivity contribution in [2.24, 2.45) is 5.73 Å². The number of rotatable bonds is 7. The van der Waals surface area contributed by atoms with Gasteiger partial charge in [0.05, 0.1) is 5.69 Å². The van der Waals surface area contributed by atoms with Gasteiger partial charge in [-0.3, -0.25) is 4.72 Å². The van der Waals surface area contributed by atoms with E-state index in [1.165, 1.54) is 0 Å². The molecule has 1 aromatic carbocycles. The maximum Gasteiger partial charge on any atom is 0.299 e. The molecule has 0 saturated heterocycles. The van der Waals surface area contributed by atoms with E-state index in [-0.39, 0.29) is 17.6 Å². The van der Waals surface area contributed by atoms with Gasteiger partial charge in [0.2, 0.25) is 0 Å². The van der Waals surface area contributed by atoms with Crippen molar-refractivity contribution in [3.05, 3.63) is 24.3 Å². The van der Waals surface area contributed by atoms with Crippen LogP contribution >= 0.6 is 12.2 Å². The largest absolute Gasteiger partial charge is 0.484 e. The molecule has 0 spiro atoms. The molecule has 0 atom stereocenters. The second-order valence-electron chi connectivity index (χ2n) is 4.25. The molecule has 19 heavy (non-hydrogen) atoms. The third-order valence-electron chi connectivity index (χ3n) is 2.40. The lowest BCUT2D eigenvalue weighted by Gasteiger charge is -2.13. The van der Waals surface area contributed by atoms with E-state index in [0.29, 0.717) is 11.4 Å². The Morgan fingerprint density at radius 2 is 2.11 bits per heavy atom. The summed E-state index contributed by atoms with van der Waals surface area (Å²) in [4.78, 5) is 0.203. The number of para-hydroxylation sites is 2. The fourth-order valence-corrected chi connectivity index (χ4v) is 2.67. The molecule has 1 aliphatic carbocycles. The molecule has 1 aliphatic rings. The van der Waals surface area contributed by atoms with E-state index >= 15 is 0 Å². The van der Waals surface area contributed by atoms with Gasteiger partial charge < -0.3 is 10.5 Å². The fourth-order valence-electron chi connectivity index (χ4n) is 1.42. The zero-order chi connectivity index (χ0) is 13.9. The van der Waals surface area contributed by atoms with Gasteiger partial charge in [-0.1, -0.05) is 24.4 Å². The van der Waals surface area contributed by atoms with Crippen molar-refractivity contribution >= 4 is 33.1 Å². The predicted molar refractivity (Wildman–Crippen MR) is 77.4 cm³/mol. The van der Waals surface area contributed by atoms with E-state index in [1.807, 2.05) is 0 Å². The second kappa shape index (κ2) is 5.72. The highest BCUT2D eigenvalue weighted by Crippen LogP contribution is 2.26. The minimum atomic E-state index is -3.58. The van der Waals surface area contributed by atoms with Crippen LogP contribution in [0, 0.1) is 0 Å². The van der Waals surface area contributed by atoms with E-state index < -0.39 is 10.2 Å². The lowest BCUT2D eigenvalue weighted by atomic mass is 10.3. The Morgan fingerprint density at radius 3 is 2.74 bits per heavy atom. The Kier molecular flexibility index (Phi) is 4.23. The number of hydrogen-bond acceptors (Lipinski definition) is 4. The zero-order valence-corrected chi connectivity index (χ0v) is 11.8. The van der Waals surface area contributed by atoms with E-state index in [0.717, 1.165) is 12.8 Å². The minimum absolute atomic E-state index is 0.0437. The summed E-state index contributed by atoms with van der Waals surface area (Å²) in [5.41, 5.74) is 5.70. The monoisotopic (exact) mass is 301 g/mol. The van der Waals surface area contributed by atoms with Gasteiger partial charge >= 0.3 is 0 Å². The van der Waals surface area contributed by atoms with Crippen LogP contribution in [0.5, 0.6) is 5.75 Å². The Labute approximate surface area is 117 Å². The topological polar surface area (TPSA) is 93.4 Å². The molecular formula is C11H15N3O3S2. The molecule has 0 aliphatic heterocycles. The van der Waals surface area contributed by atoms with Crippen molar-refractivity contribution in [3.8, 4) is 5.75 Å². The van der Waals surface area contributed by atoms with Crippen LogP contribution in [0.2, 0.25) is 0 Å². The summed E-state index contributed by atoms with van der Waals surface area (Å²) in [6.07, 6.45) is 1.75. The van der Waals surface area contributed by atoms with Gasteiger partial charge in [0.1, 0.15) is 17.3 Å². The normalized spacial score (nSPS) is 14.9. The second-order valence-corrected chi connectivity index (χ2v) is 6.22. The Balaban J connectivity index is 2.08. The summed E-state index contributed by atoms with van der Waals surface area (Å²) < 4.78 is 33.9. The van der Waals surface area contributed by atoms with E-state index in [1.54, 1.807) is 24.3 Å². The van der Waals surface area contributed by atoms with Crippen LogP contribution < -0.4 is 19.9 Å². The SMILES string of the molecule is NC(=S)COc1ccccc1NS(=O)(=O)NC1CC1. The summed E-state index contributed by atoms with van der Waals surface area (Å²) in [6, 6.07) is 6.75. The standard InChI is InChI=1S/C11H15N3O3S2/c12-11(18)7-17-10-4-2-1-3-9(10)14-19(15,16)13-8-5-6-8/h1-4,8,13-14H,5-7H2,(H2,12,18). The third-order valence-corrected chi connectivity index (χ3v) is 3.65. The Hall–Kier alpha value is -1.38. The number of anilines is 1. The predicted octanol–water partition coefficient (Wildman–Crippen LogP) is 0.760. The number of ether oxygens (including phenoxy) is 1. The van der Waals surface area contributed by atoms with Crippen LogP contribution in [-0.4, -0.2) is 26.1 Å². The quantitative estimate of drug-likeness (QED) is 0.647. The van der Waals surface area contributed by atoms with Crippen LogP contribution in [0.4, 0.5) is 5.69 Å². The van der Waals surface area contributed by atoms with Crippen molar-refractivity contribution in [3.63, 3.8) is 0 Å². The zero-order valence-electron chi connectivity index (χ0n) is 10.1. The molecule has 0 bridgehead atoms. The molecule has 6 nitrogen and oxygen atoms in total. The molecule has 1 aromatic rings. The highest BCUT2D eigenvalue weighted by atomic mass is 32.2. The van der Waals surface area contributed by atoms with E-state index in [2.05, 4.69) is 9.44 Å². The van der Waals surface area contributed by atoms with Gasteiger partial charge in [-0.2, -0.15) is 13.1 Å². The first-order valence-corrected chi connectivity index (χ1v) is 7.65. The molecule has 0 aromatic heterocycles. The van der Waals surface area contributed by atoms with Crippen molar-refractivity contribution in [2.45, 2.75) is 18.9 Å². The third kappa shape index (κ3) is 4.66. The fraction of sp³-hybridized carbons (Fsp3) is 0.364. The van der Waals surface area contributed by atoms with Gasteiger partial charge in [0, 0.05) is 6.04 Å². The van der Waals surface area contributed by atoms with Crippen LogP contribution in [0.3, 0.4) is 0 Å². The van der Waals surface area contributed by atoms with Crippen LogP contribution in [0.25, 0.3) is 0 Å². The van der Waals surface area contributed by atoms with Gasteiger partial charge in [0.25, 0.3) is 10.2 Å². The van der Waals surface area contributed by atoms with Gasteiger partial charge in [-0.15, -0.1) is 0 Å². The summed E-state index contributed by atoms with van der Waals surface area (Å²) in [6.45, 7) is 0.0597. The maximum absolute atomic E-state index is 11.8. The molecule has 0 heterocycles. The molecule has 0 amide bonds. The van der Waals surface area contributed by atoms with Crippen LogP contribution in [0.15, 0.2) is 24.3 Å². The van der Waals surface area contributed by atoms with Gasteiger partial charge in [-0.25, -0.2) is 0 Å². The minimum Gasteiger partial charge on any atom is -0.484 e. The highest BCUT2D eigenvalue weighted by Gasteiger charge is 2.27. The summed E-state index contributed by atoms with van der Waals surface area (Å²) >= 11 is 4.71. The Bertz CT molecular complexity index is 570. The van der Waals surface area contributed by atoms with E-state index in [9.17, 15) is 8.42 Å². The van der Waals surface area contributed by atoms with Gasteiger partial charge in [0.15, 0.2) is 0 Å². The molecular weight excluding hydrogens is 286 g/mol. The molecule has 104 valence electrons. The molecule has 0 radical (unpaired) electrons. The molecule has 1 fully saturated rings. The number of benzene rings is 1. The number of hydrogen-bond donors (Lipinski definition) is 3. The first-order valence-electron chi connectivity index (χ1n) is 5.76. The maximum atomic E-state index is 11.8. The van der Waals surface area contributed by atoms with Crippen molar-refractivity contribution in [1.29, 1.82) is 0 Å². The molecule has 1 saturated carbocycles. The molecule has 4 N–H and O–H groups in total. The summed E-state index contributed by atoms with van der Waals surface area (Å²) in [5, 5.41) is 0. The smallest absolute Gasteiger partial charge is 0.299 e. The van der Waals surface area contributed by atoms with Crippen molar-refractivity contribution < 1.29 is 13.2 Å². The number of nitrogens with one attached hydrogen (secondary N) is 2. The lowest BCUT2D eigenvalue weighted by molar-refractivity contribution is 0.379. The van der Waals surface area contributed by atoms with Gasteiger partial charge in [-0.05, 0) is 25.0 Å². The molecule has 2 rings (SSSR count). The molecule has 0 unspecified atom stereocenters. The Morgan fingerprint density at radius 1 is 1.42 bits per heavy atom. The first kappa shape index (κ1) is 14.0. The molecule has 8 heteroatoms. The first-order chi connectivity index (χ1) is 8.96. The van der Waals surface area contributed by atoms with Crippen molar-refractivity contribution in [1.82, 2.24) is 4.72 Å².